The maximum Gasteiger partial charge on any atom is 0.233 e. The zero-order valence-electron chi connectivity index (χ0n) is 14.8. The molecule has 0 spiro atoms. The van der Waals surface area contributed by atoms with Gasteiger partial charge in [-0.2, -0.15) is 0 Å². The second-order valence-corrected chi connectivity index (χ2v) is 6.65. The summed E-state index contributed by atoms with van der Waals surface area (Å²) in [6, 6.07) is 15.6. The van der Waals surface area contributed by atoms with Gasteiger partial charge in [-0.25, -0.2) is 9.97 Å². The fourth-order valence-electron chi connectivity index (χ4n) is 3.48. The molecule has 0 unspecified atom stereocenters. The van der Waals surface area contributed by atoms with Crippen LogP contribution in [0.3, 0.4) is 0 Å². The van der Waals surface area contributed by atoms with Crippen LogP contribution in [-0.2, 0) is 17.8 Å². The number of carbonyl (C=O) groups is 1. The van der Waals surface area contributed by atoms with Crippen LogP contribution < -0.4 is 14.4 Å². The number of hydrogen-bond donors (Lipinski definition) is 0. The van der Waals surface area contributed by atoms with E-state index in [1.54, 1.807) is 4.90 Å². The van der Waals surface area contributed by atoms with Crippen LogP contribution in [0.15, 0.2) is 48.5 Å². The fraction of sp³-hybridized carbons (Fsp3) is 0.190. The summed E-state index contributed by atoms with van der Waals surface area (Å²) in [6.45, 7) is 2.61. The zero-order valence-corrected chi connectivity index (χ0v) is 14.8. The van der Waals surface area contributed by atoms with Crippen molar-refractivity contribution in [3.8, 4) is 22.9 Å². The molecule has 0 N–H and O–H groups in total. The Morgan fingerprint density at radius 3 is 2.70 bits per heavy atom. The molecular weight excluding hydrogens is 342 g/mol. The van der Waals surface area contributed by atoms with Gasteiger partial charge in [0.05, 0.1) is 13.0 Å². The largest absolute Gasteiger partial charge is 0.454 e. The van der Waals surface area contributed by atoms with Crippen LogP contribution in [0.25, 0.3) is 11.4 Å². The van der Waals surface area contributed by atoms with Gasteiger partial charge in [-0.05, 0) is 24.6 Å². The van der Waals surface area contributed by atoms with Crippen molar-refractivity contribution in [1.29, 1.82) is 0 Å². The molecule has 2 aliphatic rings. The maximum atomic E-state index is 12.7. The molecule has 2 aliphatic heterocycles. The van der Waals surface area contributed by atoms with Gasteiger partial charge in [0.2, 0.25) is 12.7 Å². The first kappa shape index (κ1) is 15.8. The molecule has 1 aromatic heterocycles. The number of amides is 1. The van der Waals surface area contributed by atoms with Gasteiger partial charge in [-0.1, -0.05) is 36.4 Å². The Bertz CT molecular complexity index is 1050. The summed E-state index contributed by atoms with van der Waals surface area (Å²) in [7, 11) is 0. The van der Waals surface area contributed by atoms with E-state index in [2.05, 4.69) is 4.98 Å². The lowest BCUT2D eigenvalue weighted by atomic mass is 10.1. The second-order valence-electron chi connectivity index (χ2n) is 6.65. The summed E-state index contributed by atoms with van der Waals surface area (Å²) in [5.41, 5.74) is 3.66. The third-order valence-electron chi connectivity index (χ3n) is 4.89. The Morgan fingerprint density at radius 2 is 1.85 bits per heavy atom. The molecule has 3 aromatic rings. The van der Waals surface area contributed by atoms with E-state index in [0.29, 0.717) is 30.4 Å². The molecule has 0 aliphatic carbocycles. The van der Waals surface area contributed by atoms with Gasteiger partial charge in [0.1, 0.15) is 5.82 Å². The Labute approximate surface area is 156 Å². The highest BCUT2D eigenvalue weighted by atomic mass is 16.7. The van der Waals surface area contributed by atoms with Crippen LogP contribution in [0.5, 0.6) is 11.5 Å². The highest BCUT2D eigenvalue weighted by molar-refractivity contribution is 6.00. The molecule has 6 nitrogen and oxygen atoms in total. The monoisotopic (exact) mass is 359 g/mol. The van der Waals surface area contributed by atoms with Gasteiger partial charge < -0.3 is 9.47 Å². The van der Waals surface area contributed by atoms with E-state index in [1.807, 2.05) is 55.5 Å². The summed E-state index contributed by atoms with van der Waals surface area (Å²) >= 11 is 0. The molecule has 0 fully saturated rings. The van der Waals surface area contributed by atoms with Crippen molar-refractivity contribution in [2.24, 2.45) is 0 Å². The Kier molecular flexibility index (Phi) is 3.57. The molecule has 134 valence electrons. The van der Waals surface area contributed by atoms with Gasteiger partial charge in [-0.15, -0.1) is 0 Å². The van der Waals surface area contributed by atoms with E-state index in [4.69, 9.17) is 14.5 Å². The van der Waals surface area contributed by atoms with Gasteiger partial charge in [-0.3, -0.25) is 9.69 Å². The Morgan fingerprint density at radius 1 is 1.04 bits per heavy atom. The van der Waals surface area contributed by atoms with E-state index in [0.717, 1.165) is 28.1 Å². The smallest absolute Gasteiger partial charge is 0.233 e. The maximum absolute atomic E-state index is 12.7. The van der Waals surface area contributed by atoms with Crippen LogP contribution in [-0.4, -0.2) is 22.7 Å². The molecule has 5 rings (SSSR count). The lowest BCUT2D eigenvalue weighted by molar-refractivity contribution is -0.117. The van der Waals surface area contributed by atoms with Crippen molar-refractivity contribution in [2.45, 2.75) is 19.9 Å². The van der Waals surface area contributed by atoms with Crippen LogP contribution >= 0.6 is 0 Å². The summed E-state index contributed by atoms with van der Waals surface area (Å²) in [4.78, 5) is 23.7. The first-order chi connectivity index (χ1) is 13.2. The number of hydrogen-bond acceptors (Lipinski definition) is 5. The van der Waals surface area contributed by atoms with Gasteiger partial charge in [0, 0.05) is 16.8 Å². The average molecular weight is 359 g/mol. The van der Waals surface area contributed by atoms with E-state index in [9.17, 15) is 4.79 Å². The summed E-state index contributed by atoms with van der Waals surface area (Å²) in [5, 5.41) is 0. The summed E-state index contributed by atoms with van der Waals surface area (Å²) in [5.74, 6) is 2.81. The number of aryl methyl sites for hydroxylation is 1. The number of aromatic nitrogens is 2. The molecule has 0 atom stereocenters. The molecule has 0 radical (unpaired) electrons. The van der Waals surface area contributed by atoms with E-state index >= 15 is 0 Å². The molecule has 27 heavy (non-hydrogen) atoms. The molecule has 0 bridgehead atoms. The number of fused-ring (bicyclic) bond motifs is 2. The van der Waals surface area contributed by atoms with Crippen molar-refractivity contribution in [1.82, 2.24) is 9.97 Å². The summed E-state index contributed by atoms with van der Waals surface area (Å²) < 4.78 is 10.8. The minimum Gasteiger partial charge on any atom is -0.454 e. The predicted octanol–water partition coefficient (Wildman–Crippen LogP) is 3.27. The SMILES string of the molecule is Cc1nc(-c2ccccc2)nc2c1CC(=O)N2Cc1ccc2c(c1)OCO2. The highest BCUT2D eigenvalue weighted by Crippen LogP contribution is 2.35. The van der Waals surface area contributed by atoms with Gasteiger partial charge in [0.15, 0.2) is 17.3 Å². The van der Waals surface area contributed by atoms with Crippen LogP contribution in [0.1, 0.15) is 16.8 Å². The van der Waals surface area contributed by atoms with Crippen LogP contribution in [0.2, 0.25) is 0 Å². The first-order valence-corrected chi connectivity index (χ1v) is 8.81. The third-order valence-corrected chi connectivity index (χ3v) is 4.89. The minimum absolute atomic E-state index is 0.0327. The predicted molar refractivity (Wildman–Crippen MR) is 99.7 cm³/mol. The molecule has 2 aromatic carbocycles. The van der Waals surface area contributed by atoms with E-state index in [-0.39, 0.29) is 12.7 Å². The number of rotatable bonds is 3. The summed E-state index contributed by atoms with van der Waals surface area (Å²) in [6.07, 6.45) is 0.334. The Balaban J connectivity index is 1.52. The average Bonchev–Trinajstić information content (AvgIpc) is 3.27. The van der Waals surface area contributed by atoms with E-state index in [1.165, 1.54) is 0 Å². The molecule has 1 amide bonds. The van der Waals surface area contributed by atoms with Crippen molar-refractivity contribution < 1.29 is 14.3 Å². The quantitative estimate of drug-likeness (QED) is 0.718. The molecule has 0 saturated carbocycles. The second kappa shape index (κ2) is 6.09. The van der Waals surface area contributed by atoms with Crippen molar-refractivity contribution in [3.63, 3.8) is 0 Å². The molecule has 6 heteroatoms. The van der Waals surface area contributed by atoms with Crippen LogP contribution in [0.4, 0.5) is 5.82 Å². The molecule has 0 saturated heterocycles. The normalized spacial score (nSPS) is 14.6. The van der Waals surface area contributed by atoms with Gasteiger partial charge in [0.25, 0.3) is 0 Å². The molecule has 3 heterocycles. The van der Waals surface area contributed by atoms with Crippen molar-refractivity contribution in [2.75, 3.05) is 11.7 Å². The Hall–Kier alpha value is -3.41. The van der Waals surface area contributed by atoms with Crippen molar-refractivity contribution >= 4 is 11.7 Å². The zero-order chi connectivity index (χ0) is 18.4. The number of nitrogens with zero attached hydrogens (tertiary/aromatic N) is 3. The number of ether oxygens (including phenoxy) is 2. The third kappa shape index (κ3) is 2.70. The topological polar surface area (TPSA) is 64.6 Å². The standard InChI is InChI=1S/C21H17N3O3/c1-13-16-10-19(25)24(11-14-7-8-17-18(9-14)27-12-26-17)21(16)23-20(22-13)15-5-3-2-4-6-15/h2-9H,10-12H2,1H3. The number of benzene rings is 2. The fourth-order valence-corrected chi connectivity index (χ4v) is 3.48. The number of anilines is 1. The highest BCUT2D eigenvalue weighted by Gasteiger charge is 2.32. The number of carbonyl (C=O) groups excluding carboxylic acids is 1. The lowest BCUT2D eigenvalue weighted by Gasteiger charge is -2.18. The van der Waals surface area contributed by atoms with E-state index < -0.39 is 0 Å². The lowest BCUT2D eigenvalue weighted by Crippen LogP contribution is -2.26. The minimum atomic E-state index is 0.0327. The van der Waals surface area contributed by atoms with Crippen LogP contribution in [0, 0.1) is 6.92 Å². The first-order valence-electron chi connectivity index (χ1n) is 8.81. The molecular formula is C21H17N3O3. The van der Waals surface area contributed by atoms with Crippen molar-refractivity contribution in [3.05, 3.63) is 65.4 Å². The van der Waals surface area contributed by atoms with Gasteiger partial charge >= 0.3 is 0 Å².